The zero-order valence-corrected chi connectivity index (χ0v) is 8.93. The Bertz CT molecular complexity index is 491. The van der Waals surface area contributed by atoms with Crippen LogP contribution in [0.2, 0.25) is 0 Å². The first-order valence-corrected chi connectivity index (χ1v) is 6.09. The molecule has 1 rings (SSSR count). The Labute approximate surface area is 93.1 Å². The van der Waals surface area contributed by atoms with E-state index in [1.165, 1.54) is 0 Å². The number of aliphatic carboxylic acids is 1. The predicted molar refractivity (Wildman–Crippen MR) is 54.5 cm³/mol. The van der Waals surface area contributed by atoms with Crippen molar-refractivity contribution >= 4 is 22.3 Å². The predicted octanol–water partition coefficient (Wildman–Crippen LogP) is 4.44. The highest BCUT2D eigenvalue weighted by molar-refractivity contribution is 8.45. The minimum Gasteiger partial charge on any atom is -0.478 e. The number of carboxylic acids is 1. The lowest BCUT2D eigenvalue weighted by Crippen LogP contribution is -2.05. The van der Waals surface area contributed by atoms with E-state index < -0.39 is 21.1 Å². The van der Waals surface area contributed by atoms with Gasteiger partial charge in [0.15, 0.2) is 0 Å². The van der Waals surface area contributed by atoms with Gasteiger partial charge in [-0.15, -0.1) is 0 Å². The van der Waals surface area contributed by atoms with Crippen LogP contribution < -0.4 is 0 Å². The maximum Gasteiger partial charge on any atom is 0.328 e. The number of rotatable bonds is 3. The first kappa shape index (κ1) is 13.5. The van der Waals surface area contributed by atoms with Gasteiger partial charge in [-0.25, -0.2) is 4.79 Å². The van der Waals surface area contributed by atoms with Crippen LogP contribution in [0.15, 0.2) is 35.2 Å². The van der Waals surface area contributed by atoms with Gasteiger partial charge in [-0.05, 0) is 23.8 Å². The van der Waals surface area contributed by atoms with E-state index in [0.717, 1.165) is 18.2 Å². The summed E-state index contributed by atoms with van der Waals surface area (Å²) in [5, 5.41) is 8.26. The Balaban J connectivity index is 3.25. The lowest BCUT2D eigenvalue weighted by atomic mass is 10.2. The van der Waals surface area contributed by atoms with Crippen molar-refractivity contribution in [2.24, 2.45) is 0 Å². The van der Waals surface area contributed by atoms with Crippen LogP contribution in [0.4, 0.5) is 19.4 Å². The summed E-state index contributed by atoms with van der Waals surface area (Å²) in [4.78, 5) is 8.09. The molecule has 96 valence electrons. The molecule has 0 aromatic heterocycles. The number of hydrogen-bond donors (Lipinski definition) is 1. The SMILES string of the molecule is O=C(O)/C=C/c1cccc(S(F)(F)(F)(F)F)c1. The topological polar surface area (TPSA) is 37.3 Å². The van der Waals surface area contributed by atoms with Gasteiger partial charge in [0.1, 0.15) is 4.90 Å². The van der Waals surface area contributed by atoms with E-state index in [1.807, 2.05) is 0 Å². The summed E-state index contributed by atoms with van der Waals surface area (Å²) in [7, 11) is -9.71. The van der Waals surface area contributed by atoms with Crippen molar-refractivity contribution < 1.29 is 29.3 Å². The van der Waals surface area contributed by atoms with Crippen LogP contribution in [-0.4, -0.2) is 11.1 Å². The summed E-state index contributed by atoms with van der Waals surface area (Å²) >= 11 is 0. The zero-order chi connectivity index (χ0) is 13.4. The van der Waals surface area contributed by atoms with E-state index in [1.54, 1.807) is 0 Å². The number of carbonyl (C=O) groups is 1. The molecule has 0 aliphatic carbocycles. The molecular weight excluding hydrogens is 267 g/mol. The Hall–Kier alpha value is -1.57. The molecule has 1 N–H and O–H groups in total. The average molecular weight is 274 g/mol. The van der Waals surface area contributed by atoms with Crippen LogP contribution in [0, 0.1) is 0 Å². The fraction of sp³-hybridized carbons (Fsp3) is 0. The molecule has 8 heteroatoms. The van der Waals surface area contributed by atoms with E-state index in [-0.39, 0.29) is 17.7 Å². The largest absolute Gasteiger partial charge is 0.478 e. The van der Waals surface area contributed by atoms with Gasteiger partial charge in [0.2, 0.25) is 0 Å². The van der Waals surface area contributed by atoms with Crippen molar-refractivity contribution in [3.8, 4) is 0 Å². The van der Waals surface area contributed by atoms with E-state index >= 15 is 0 Å². The normalized spacial score (nSPS) is 16.5. The summed E-state index contributed by atoms with van der Waals surface area (Å²) in [6, 6.07) is 2.34. The van der Waals surface area contributed by atoms with Crippen molar-refractivity contribution in [3.63, 3.8) is 0 Å². The minimum atomic E-state index is -9.71. The van der Waals surface area contributed by atoms with Crippen molar-refractivity contribution in [2.75, 3.05) is 0 Å². The minimum absolute atomic E-state index is 0.209. The van der Waals surface area contributed by atoms with Gasteiger partial charge in [-0.2, -0.15) is 0 Å². The molecule has 0 amide bonds. The molecule has 0 bridgehead atoms. The molecule has 0 aliphatic rings. The molecule has 0 unspecified atom stereocenters. The average Bonchev–Trinajstić information content (AvgIpc) is 2.12. The molecule has 2 nitrogen and oxygen atoms in total. The Morgan fingerprint density at radius 1 is 1.18 bits per heavy atom. The van der Waals surface area contributed by atoms with Gasteiger partial charge in [0, 0.05) is 6.08 Å². The van der Waals surface area contributed by atoms with E-state index in [9.17, 15) is 24.2 Å². The lowest BCUT2D eigenvalue weighted by molar-refractivity contribution is -0.131. The lowest BCUT2D eigenvalue weighted by Gasteiger charge is -2.40. The molecule has 0 heterocycles. The zero-order valence-electron chi connectivity index (χ0n) is 8.12. The van der Waals surface area contributed by atoms with Crippen LogP contribution in [0.5, 0.6) is 0 Å². The highest BCUT2D eigenvalue weighted by Crippen LogP contribution is 3.02. The summed E-state index contributed by atoms with van der Waals surface area (Å²) in [6.07, 6.45) is 1.36. The Morgan fingerprint density at radius 3 is 2.24 bits per heavy atom. The monoisotopic (exact) mass is 274 g/mol. The number of hydrogen-bond acceptors (Lipinski definition) is 1. The Morgan fingerprint density at radius 2 is 1.76 bits per heavy atom. The molecule has 1 aromatic rings. The van der Waals surface area contributed by atoms with Gasteiger partial charge < -0.3 is 5.11 Å². The molecule has 0 aliphatic heterocycles. The molecular formula is C9H7F5O2S. The maximum absolute atomic E-state index is 12.4. The summed E-state index contributed by atoms with van der Waals surface area (Å²) in [5.74, 6) is -1.39. The molecule has 17 heavy (non-hydrogen) atoms. The van der Waals surface area contributed by atoms with Gasteiger partial charge in [0.25, 0.3) is 0 Å². The highest BCUT2D eigenvalue weighted by atomic mass is 32.5. The smallest absolute Gasteiger partial charge is 0.328 e. The Kier molecular flexibility index (Phi) is 2.56. The van der Waals surface area contributed by atoms with Gasteiger partial charge in [0.05, 0.1) is 0 Å². The quantitative estimate of drug-likeness (QED) is 0.653. The summed E-state index contributed by atoms with van der Waals surface area (Å²) in [6.45, 7) is 0. The standard InChI is InChI=1S/C9H7F5O2S/c10-17(11,12,13,14)8-3-1-2-7(6-8)4-5-9(15)16/h1-6H,(H,15,16)/b5-4+. The van der Waals surface area contributed by atoms with Crippen molar-refractivity contribution in [3.05, 3.63) is 35.9 Å². The molecule has 0 radical (unpaired) electrons. The van der Waals surface area contributed by atoms with Crippen molar-refractivity contribution in [1.82, 2.24) is 0 Å². The second-order valence-electron chi connectivity index (χ2n) is 3.21. The van der Waals surface area contributed by atoms with Crippen LogP contribution in [0.25, 0.3) is 6.08 Å². The second kappa shape index (κ2) is 3.22. The third kappa shape index (κ3) is 4.06. The number of benzene rings is 1. The van der Waals surface area contributed by atoms with Crippen LogP contribution in [0.3, 0.4) is 0 Å². The van der Waals surface area contributed by atoms with Gasteiger partial charge >= 0.3 is 16.2 Å². The van der Waals surface area contributed by atoms with Gasteiger partial charge in [-0.3, -0.25) is 0 Å². The summed E-state index contributed by atoms with van der Waals surface area (Å²) in [5.41, 5.74) is -0.266. The van der Waals surface area contributed by atoms with E-state index in [2.05, 4.69) is 0 Å². The van der Waals surface area contributed by atoms with Crippen LogP contribution in [0.1, 0.15) is 5.56 Å². The third-order valence-corrected chi connectivity index (χ3v) is 2.87. The van der Waals surface area contributed by atoms with E-state index in [0.29, 0.717) is 6.08 Å². The fourth-order valence-corrected chi connectivity index (χ4v) is 1.72. The second-order valence-corrected chi connectivity index (χ2v) is 5.62. The first-order valence-electron chi connectivity index (χ1n) is 4.14. The molecule has 0 fully saturated rings. The molecule has 0 atom stereocenters. The van der Waals surface area contributed by atoms with Crippen molar-refractivity contribution in [2.45, 2.75) is 4.90 Å². The molecule has 0 saturated carbocycles. The first-order chi connectivity index (χ1) is 7.38. The molecule has 0 saturated heterocycles. The van der Waals surface area contributed by atoms with Crippen LogP contribution in [-0.2, 0) is 4.79 Å². The van der Waals surface area contributed by atoms with Crippen LogP contribution >= 0.6 is 10.2 Å². The molecule has 1 aromatic carbocycles. The van der Waals surface area contributed by atoms with E-state index in [4.69, 9.17) is 5.11 Å². The fourth-order valence-electron chi connectivity index (χ4n) is 1.03. The number of carboxylic acid groups (broad SMARTS) is 1. The highest BCUT2D eigenvalue weighted by Gasteiger charge is 2.65. The maximum atomic E-state index is 12.4. The van der Waals surface area contributed by atoms with Gasteiger partial charge in [-0.1, -0.05) is 31.6 Å². The number of halogens is 5. The summed E-state index contributed by atoms with van der Waals surface area (Å²) < 4.78 is 61.9. The molecule has 0 spiro atoms. The van der Waals surface area contributed by atoms with Crippen molar-refractivity contribution in [1.29, 1.82) is 0 Å². The third-order valence-electron chi connectivity index (χ3n) is 1.72.